The van der Waals surface area contributed by atoms with Crippen molar-refractivity contribution in [3.63, 3.8) is 0 Å². The van der Waals surface area contributed by atoms with Gasteiger partial charge in [0.2, 0.25) is 0 Å². The number of hydrogen-bond acceptors (Lipinski definition) is 2. The van der Waals surface area contributed by atoms with E-state index in [0.717, 1.165) is 16.6 Å². The number of nitrogens with one attached hydrogen (secondary N) is 1. The highest BCUT2D eigenvalue weighted by Gasteiger charge is 2.21. The van der Waals surface area contributed by atoms with E-state index in [1.807, 2.05) is 19.1 Å². The van der Waals surface area contributed by atoms with Crippen LogP contribution in [0.4, 0.5) is 4.39 Å². The van der Waals surface area contributed by atoms with E-state index in [2.05, 4.69) is 27.3 Å². The van der Waals surface area contributed by atoms with Crippen LogP contribution in [0.1, 0.15) is 24.0 Å². The van der Waals surface area contributed by atoms with Gasteiger partial charge in [-0.2, -0.15) is 0 Å². The van der Waals surface area contributed by atoms with Crippen LogP contribution >= 0.6 is 15.9 Å². The molecule has 1 aliphatic rings. The summed E-state index contributed by atoms with van der Waals surface area (Å²) in [5, 5.41) is 3.47. The molecule has 1 aliphatic carbocycles. The Morgan fingerprint density at radius 1 is 1.19 bits per heavy atom. The maximum atomic E-state index is 13.8. The van der Waals surface area contributed by atoms with E-state index in [0.29, 0.717) is 11.8 Å². The van der Waals surface area contributed by atoms with Gasteiger partial charge in [0.1, 0.15) is 5.75 Å². The Kier molecular flexibility index (Phi) is 4.27. The SMILES string of the molecule is Cc1ccc(Oc2cc(Br)ccc2F)c(CNC2CC2)c1. The zero-order valence-corrected chi connectivity index (χ0v) is 13.4. The Hall–Kier alpha value is -1.39. The van der Waals surface area contributed by atoms with Gasteiger partial charge in [-0.1, -0.05) is 33.6 Å². The quantitative estimate of drug-likeness (QED) is 0.825. The third-order valence-corrected chi connectivity index (χ3v) is 3.98. The first kappa shape index (κ1) is 14.5. The van der Waals surface area contributed by atoms with Crippen LogP contribution < -0.4 is 10.1 Å². The molecular formula is C17H17BrFNO. The minimum atomic E-state index is -0.361. The molecule has 0 aromatic heterocycles. The molecular weight excluding hydrogens is 333 g/mol. The molecule has 0 spiro atoms. The van der Waals surface area contributed by atoms with E-state index in [9.17, 15) is 4.39 Å². The molecule has 2 aromatic carbocycles. The molecule has 0 aliphatic heterocycles. The second-order valence-corrected chi connectivity index (χ2v) is 6.36. The third-order valence-electron chi connectivity index (χ3n) is 3.49. The van der Waals surface area contributed by atoms with Crippen molar-refractivity contribution in [1.82, 2.24) is 5.32 Å². The number of benzene rings is 2. The molecule has 1 N–H and O–H groups in total. The Morgan fingerprint density at radius 2 is 2.00 bits per heavy atom. The van der Waals surface area contributed by atoms with Gasteiger partial charge in [0.15, 0.2) is 11.6 Å². The monoisotopic (exact) mass is 349 g/mol. The van der Waals surface area contributed by atoms with Crippen LogP contribution in [0.25, 0.3) is 0 Å². The molecule has 0 heterocycles. The second-order valence-electron chi connectivity index (χ2n) is 5.44. The number of ether oxygens (including phenoxy) is 1. The van der Waals surface area contributed by atoms with Crippen molar-refractivity contribution in [3.8, 4) is 11.5 Å². The number of hydrogen-bond donors (Lipinski definition) is 1. The molecule has 110 valence electrons. The van der Waals surface area contributed by atoms with Gasteiger partial charge in [-0.05, 0) is 44.0 Å². The van der Waals surface area contributed by atoms with Crippen molar-refractivity contribution in [2.24, 2.45) is 0 Å². The molecule has 0 atom stereocenters. The molecule has 1 fully saturated rings. The molecule has 0 bridgehead atoms. The fourth-order valence-electron chi connectivity index (χ4n) is 2.16. The van der Waals surface area contributed by atoms with E-state index in [-0.39, 0.29) is 11.6 Å². The first-order chi connectivity index (χ1) is 10.1. The van der Waals surface area contributed by atoms with Gasteiger partial charge in [-0.25, -0.2) is 4.39 Å². The molecule has 21 heavy (non-hydrogen) atoms. The lowest BCUT2D eigenvalue weighted by atomic mass is 10.1. The summed E-state index contributed by atoms with van der Waals surface area (Å²) in [6, 6.07) is 11.3. The van der Waals surface area contributed by atoms with Crippen molar-refractivity contribution in [2.45, 2.75) is 32.4 Å². The third kappa shape index (κ3) is 3.83. The summed E-state index contributed by atoms with van der Waals surface area (Å²) in [6.07, 6.45) is 2.48. The standard InChI is InChI=1S/C17H17BrFNO/c1-11-2-7-16(12(8-11)10-20-14-4-5-14)21-17-9-13(18)3-6-15(17)19/h2-3,6-9,14,20H,4-5,10H2,1H3. The molecule has 0 radical (unpaired) electrons. The average Bonchev–Trinajstić information content (AvgIpc) is 3.27. The smallest absolute Gasteiger partial charge is 0.165 e. The molecule has 0 saturated heterocycles. The van der Waals surface area contributed by atoms with Crippen LogP contribution in [0.15, 0.2) is 40.9 Å². The number of rotatable bonds is 5. The second kappa shape index (κ2) is 6.16. The van der Waals surface area contributed by atoms with Gasteiger partial charge in [0.25, 0.3) is 0 Å². The van der Waals surface area contributed by atoms with E-state index >= 15 is 0 Å². The Balaban J connectivity index is 1.84. The zero-order valence-electron chi connectivity index (χ0n) is 11.8. The fraction of sp³-hybridized carbons (Fsp3) is 0.294. The van der Waals surface area contributed by atoms with Gasteiger partial charge < -0.3 is 10.1 Å². The van der Waals surface area contributed by atoms with Crippen molar-refractivity contribution >= 4 is 15.9 Å². The highest BCUT2D eigenvalue weighted by molar-refractivity contribution is 9.10. The molecule has 3 rings (SSSR count). The van der Waals surface area contributed by atoms with Crippen LogP contribution in [0.2, 0.25) is 0 Å². The number of aryl methyl sites for hydroxylation is 1. The predicted octanol–water partition coefficient (Wildman–Crippen LogP) is 4.94. The van der Waals surface area contributed by atoms with Crippen LogP contribution in [-0.2, 0) is 6.54 Å². The van der Waals surface area contributed by atoms with Gasteiger partial charge >= 0.3 is 0 Å². The van der Waals surface area contributed by atoms with Crippen molar-refractivity contribution in [2.75, 3.05) is 0 Å². The summed E-state index contributed by atoms with van der Waals surface area (Å²) in [5.41, 5.74) is 2.23. The van der Waals surface area contributed by atoms with Crippen molar-refractivity contribution in [3.05, 3.63) is 57.8 Å². The Morgan fingerprint density at radius 3 is 2.76 bits per heavy atom. The maximum Gasteiger partial charge on any atom is 0.165 e. The highest BCUT2D eigenvalue weighted by atomic mass is 79.9. The summed E-state index contributed by atoms with van der Waals surface area (Å²) in [5.74, 6) is 0.575. The van der Waals surface area contributed by atoms with E-state index in [4.69, 9.17) is 4.74 Å². The maximum absolute atomic E-state index is 13.8. The normalized spacial score (nSPS) is 14.2. The zero-order chi connectivity index (χ0) is 14.8. The largest absolute Gasteiger partial charge is 0.454 e. The first-order valence-corrected chi connectivity index (χ1v) is 7.87. The molecule has 0 amide bonds. The van der Waals surface area contributed by atoms with Crippen LogP contribution in [-0.4, -0.2) is 6.04 Å². The van der Waals surface area contributed by atoms with E-state index < -0.39 is 0 Å². The van der Waals surface area contributed by atoms with Gasteiger partial charge in [-0.3, -0.25) is 0 Å². The minimum Gasteiger partial charge on any atom is -0.454 e. The van der Waals surface area contributed by atoms with Crippen molar-refractivity contribution < 1.29 is 9.13 Å². The van der Waals surface area contributed by atoms with E-state index in [1.165, 1.54) is 24.5 Å². The summed E-state index contributed by atoms with van der Waals surface area (Å²) in [6.45, 7) is 2.79. The lowest BCUT2D eigenvalue weighted by Crippen LogP contribution is -2.15. The topological polar surface area (TPSA) is 21.3 Å². The average molecular weight is 350 g/mol. The molecule has 2 aromatic rings. The molecule has 4 heteroatoms. The van der Waals surface area contributed by atoms with Gasteiger partial charge in [0, 0.05) is 22.6 Å². The van der Waals surface area contributed by atoms with Crippen LogP contribution in [0.5, 0.6) is 11.5 Å². The molecule has 2 nitrogen and oxygen atoms in total. The predicted molar refractivity (Wildman–Crippen MR) is 85.2 cm³/mol. The molecule has 0 unspecified atom stereocenters. The Labute approximate surface area is 132 Å². The van der Waals surface area contributed by atoms with Gasteiger partial charge in [-0.15, -0.1) is 0 Å². The summed E-state index contributed by atoms with van der Waals surface area (Å²) < 4.78 is 20.4. The van der Waals surface area contributed by atoms with E-state index in [1.54, 1.807) is 12.1 Å². The van der Waals surface area contributed by atoms with Crippen molar-refractivity contribution in [1.29, 1.82) is 0 Å². The Bertz CT molecular complexity index is 655. The lowest BCUT2D eigenvalue weighted by molar-refractivity contribution is 0.435. The fourth-order valence-corrected chi connectivity index (χ4v) is 2.50. The van der Waals surface area contributed by atoms with Crippen LogP contribution in [0.3, 0.4) is 0 Å². The summed E-state index contributed by atoms with van der Waals surface area (Å²) >= 11 is 3.34. The summed E-state index contributed by atoms with van der Waals surface area (Å²) in [4.78, 5) is 0. The number of halogens is 2. The van der Waals surface area contributed by atoms with Crippen LogP contribution in [0, 0.1) is 12.7 Å². The van der Waals surface area contributed by atoms with Gasteiger partial charge in [0.05, 0.1) is 0 Å². The molecule has 1 saturated carbocycles. The highest BCUT2D eigenvalue weighted by Crippen LogP contribution is 2.31. The minimum absolute atomic E-state index is 0.237. The lowest BCUT2D eigenvalue weighted by Gasteiger charge is -2.13. The first-order valence-electron chi connectivity index (χ1n) is 7.07. The summed E-state index contributed by atoms with van der Waals surface area (Å²) in [7, 11) is 0.